The highest BCUT2D eigenvalue weighted by molar-refractivity contribution is 7.89. The molecule has 0 aromatic carbocycles. The van der Waals surface area contributed by atoms with E-state index in [0.717, 1.165) is 6.54 Å². The average molecular weight is 206 g/mol. The molecule has 13 heavy (non-hydrogen) atoms. The lowest BCUT2D eigenvalue weighted by Gasteiger charge is -2.32. The lowest BCUT2D eigenvalue weighted by Crippen LogP contribution is -2.52. The summed E-state index contributed by atoms with van der Waals surface area (Å²) in [5.41, 5.74) is 0. The number of sulfonamides is 1. The fourth-order valence-electron chi connectivity index (χ4n) is 1.43. The van der Waals surface area contributed by atoms with Gasteiger partial charge in [0.1, 0.15) is 0 Å². The van der Waals surface area contributed by atoms with Gasteiger partial charge in [0.05, 0.1) is 5.25 Å². The molecule has 0 radical (unpaired) electrons. The Morgan fingerprint density at radius 1 is 1.46 bits per heavy atom. The second kappa shape index (κ2) is 3.94. The number of nitrogens with zero attached hydrogens (tertiary/aromatic N) is 1. The smallest absolute Gasteiger partial charge is 0.216 e. The highest BCUT2D eigenvalue weighted by atomic mass is 32.2. The molecule has 1 atom stereocenters. The molecule has 1 rings (SSSR count). The molecule has 1 aliphatic rings. The van der Waals surface area contributed by atoms with E-state index in [1.54, 1.807) is 18.2 Å². The van der Waals surface area contributed by atoms with Gasteiger partial charge >= 0.3 is 0 Å². The molecule has 78 valence electrons. The molecule has 1 heterocycles. The van der Waals surface area contributed by atoms with Crippen molar-refractivity contribution in [2.75, 3.05) is 19.6 Å². The Kier molecular flexibility index (Phi) is 3.32. The summed E-state index contributed by atoms with van der Waals surface area (Å²) >= 11 is 0. The second-order valence-corrected chi connectivity index (χ2v) is 6.30. The van der Waals surface area contributed by atoms with Crippen molar-refractivity contribution in [2.45, 2.75) is 32.1 Å². The molecule has 0 unspecified atom stereocenters. The van der Waals surface area contributed by atoms with Crippen LogP contribution in [0.4, 0.5) is 0 Å². The summed E-state index contributed by atoms with van der Waals surface area (Å²) in [7, 11) is -3.04. The van der Waals surface area contributed by atoms with E-state index in [4.69, 9.17) is 0 Å². The van der Waals surface area contributed by atoms with Gasteiger partial charge in [-0.25, -0.2) is 8.42 Å². The van der Waals surface area contributed by atoms with Crippen molar-refractivity contribution in [3.8, 4) is 0 Å². The molecule has 5 heteroatoms. The maximum absolute atomic E-state index is 11.7. The van der Waals surface area contributed by atoms with Gasteiger partial charge < -0.3 is 5.32 Å². The second-order valence-electron chi connectivity index (χ2n) is 3.81. The number of nitrogens with one attached hydrogen (secondary N) is 1. The zero-order valence-corrected chi connectivity index (χ0v) is 9.26. The molecule has 1 saturated heterocycles. The minimum absolute atomic E-state index is 0.266. The molecule has 0 saturated carbocycles. The Morgan fingerprint density at radius 2 is 2.08 bits per heavy atom. The van der Waals surface area contributed by atoms with Crippen molar-refractivity contribution in [3.63, 3.8) is 0 Å². The molecule has 0 spiro atoms. The van der Waals surface area contributed by atoms with Crippen LogP contribution in [0.5, 0.6) is 0 Å². The SMILES string of the molecule is CC(C)S(=O)(=O)N1CCN[C@@H](C)C1. The molecule has 0 aliphatic carbocycles. The topological polar surface area (TPSA) is 49.4 Å². The molecular weight excluding hydrogens is 188 g/mol. The Balaban J connectivity index is 2.71. The van der Waals surface area contributed by atoms with E-state index >= 15 is 0 Å². The quantitative estimate of drug-likeness (QED) is 0.693. The van der Waals surface area contributed by atoms with Crippen molar-refractivity contribution < 1.29 is 8.42 Å². The summed E-state index contributed by atoms with van der Waals surface area (Å²) in [5.74, 6) is 0. The van der Waals surface area contributed by atoms with E-state index in [1.807, 2.05) is 6.92 Å². The first kappa shape index (κ1) is 10.9. The number of piperazine rings is 1. The zero-order valence-electron chi connectivity index (χ0n) is 8.45. The largest absolute Gasteiger partial charge is 0.312 e. The molecule has 0 aromatic rings. The fraction of sp³-hybridized carbons (Fsp3) is 1.00. The van der Waals surface area contributed by atoms with E-state index in [-0.39, 0.29) is 11.3 Å². The van der Waals surface area contributed by atoms with Gasteiger partial charge in [-0.2, -0.15) is 4.31 Å². The average Bonchev–Trinajstić information content (AvgIpc) is 2.04. The van der Waals surface area contributed by atoms with Crippen molar-refractivity contribution in [2.24, 2.45) is 0 Å². The monoisotopic (exact) mass is 206 g/mol. The van der Waals surface area contributed by atoms with E-state index in [9.17, 15) is 8.42 Å². The highest BCUT2D eigenvalue weighted by Crippen LogP contribution is 2.10. The Labute approximate surface area is 80.4 Å². The lowest BCUT2D eigenvalue weighted by molar-refractivity contribution is 0.308. The van der Waals surface area contributed by atoms with Crippen molar-refractivity contribution in [3.05, 3.63) is 0 Å². The van der Waals surface area contributed by atoms with E-state index in [1.165, 1.54) is 0 Å². The molecule has 1 fully saturated rings. The summed E-state index contributed by atoms with van der Waals surface area (Å²) < 4.78 is 25.0. The van der Waals surface area contributed by atoms with Crippen molar-refractivity contribution in [1.82, 2.24) is 9.62 Å². The first-order chi connectivity index (χ1) is 5.94. The van der Waals surface area contributed by atoms with Gasteiger partial charge in [-0.3, -0.25) is 0 Å². The van der Waals surface area contributed by atoms with Crippen LogP contribution >= 0.6 is 0 Å². The summed E-state index contributed by atoms with van der Waals surface area (Å²) in [4.78, 5) is 0. The first-order valence-electron chi connectivity index (χ1n) is 4.67. The summed E-state index contributed by atoms with van der Waals surface area (Å²) in [6.45, 7) is 7.41. The van der Waals surface area contributed by atoms with Crippen LogP contribution in [-0.4, -0.2) is 43.6 Å². The van der Waals surface area contributed by atoms with Gasteiger partial charge in [0.25, 0.3) is 0 Å². The summed E-state index contributed by atoms with van der Waals surface area (Å²) in [5, 5.41) is 2.91. The van der Waals surface area contributed by atoms with Crippen LogP contribution in [0.1, 0.15) is 20.8 Å². The third-order valence-corrected chi connectivity index (χ3v) is 4.53. The minimum Gasteiger partial charge on any atom is -0.312 e. The number of hydrogen-bond acceptors (Lipinski definition) is 3. The predicted octanol–water partition coefficient (Wildman–Crippen LogP) is 0.0183. The third-order valence-electron chi connectivity index (χ3n) is 2.29. The highest BCUT2D eigenvalue weighted by Gasteiger charge is 2.28. The van der Waals surface area contributed by atoms with Crippen LogP contribution in [0.2, 0.25) is 0 Å². The fourth-order valence-corrected chi connectivity index (χ4v) is 2.80. The molecule has 0 aromatic heterocycles. The third kappa shape index (κ3) is 2.42. The molecule has 0 amide bonds. The number of hydrogen-bond donors (Lipinski definition) is 1. The number of rotatable bonds is 2. The Hall–Kier alpha value is -0.130. The van der Waals surface area contributed by atoms with Gasteiger partial charge in [-0.05, 0) is 20.8 Å². The maximum Gasteiger partial charge on any atom is 0.216 e. The van der Waals surface area contributed by atoms with E-state index in [0.29, 0.717) is 13.1 Å². The van der Waals surface area contributed by atoms with Crippen LogP contribution in [0.25, 0.3) is 0 Å². The Bertz CT molecular complexity index is 261. The van der Waals surface area contributed by atoms with Gasteiger partial charge in [-0.15, -0.1) is 0 Å². The molecule has 0 bridgehead atoms. The molecule has 1 aliphatic heterocycles. The molecular formula is C8H18N2O2S. The van der Waals surface area contributed by atoms with Crippen LogP contribution in [-0.2, 0) is 10.0 Å². The first-order valence-corrected chi connectivity index (χ1v) is 6.17. The lowest BCUT2D eigenvalue weighted by atomic mass is 10.3. The van der Waals surface area contributed by atoms with E-state index < -0.39 is 10.0 Å². The Morgan fingerprint density at radius 3 is 2.54 bits per heavy atom. The summed E-state index contributed by atoms with van der Waals surface area (Å²) in [6, 6.07) is 0.266. The van der Waals surface area contributed by atoms with Gasteiger partial charge in [0.2, 0.25) is 10.0 Å². The minimum atomic E-state index is -3.04. The van der Waals surface area contributed by atoms with Crippen LogP contribution < -0.4 is 5.32 Å². The van der Waals surface area contributed by atoms with Crippen LogP contribution in [0, 0.1) is 0 Å². The van der Waals surface area contributed by atoms with Crippen molar-refractivity contribution in [1.29, 1.82) is 0 Å². The van der Waals surface area contributed by atoms with E-state index in [2.05, 4.69) is 5.32 Å². The predicted molar refractivity (Wildman–Crippen MR) is 53.1 cm³/mol. The van der Waals surface area contributed by atoms with Gasteiger partial charge in [0.15, 0.2) is 0 Å². The molecule has 1 N–H and O–H groups in total. The van der Waals surface area contributed by atoms with Gasteiger partial charge in [-0.1, -0.05) is 0 Å². The molecule has 4 nitrogen and oxygen atoms in total. The van der Waals surface area contributed by atoms with Gasteiger partial charge in [0, 0.05) is 25.7 Å². The maximum atomic E-state index is 11.7. The summed E-state index contributed by atoms with van der Waals surface area (Å²) in [6.07, 6.45) is 0. The van der Waals surface area contributed by atoms with Crippen LogP contribution in [0.3, 0.4) is 0 Å². The standard InChI is InChI=1S/C8H18N2O2S/c1-7(2)13(11,12)10-5-4-9-8(3)6-10/h7-9H,4-6H2,1-3H3/t8-/m0/s1. The zero-order chi connectivity index (χ0) is 10.1. The normalized spacial score (nSPS) is 26.6. The van der Waals surface area contributed by atoms with Crippen molar-refractivity contribution >= 4 is 10.0 Å². The van der Waals surface area contributed by atoms with Crippen LogP contribution in [0.15, 0.2) is 0 Å².